The van der Waals surface area contributed by atoms with Crippen molar-refractivity contribution in [1.29, 1.82) is 0 Å². The van der Waals surface area contributed by atoms with Crippen molar-refractivity contribution >= 4 is 10.8 Å². The van der Waals surface area contributed by atoms with E-state index in [0.717, 1.165) is 46.5 Å². The number of aryl methyl sites for hydroxylation is 1. The van der Waals surface area contributed by atoms with Gasteiger partial charge in [0.1, 0.15) is 36.9 Å². The molecule has 3 aromatic rings. The predicted octanol–water partition coefficient (Wildman–Crippen LogP) is 3.03. The molecular formula is C31H40N2O6. The van der Waals surface area contributed by atoms with Gasteiger partial charge in [-0.05, 0) is 35.9 Å². The first-order valence-electron chi connectivity index (χ1n) is 13.9. The Morgan fingerprint density at radius 2 is 1.56 bits per heavy atom. The van der Waals surface area contributed by atoms with Crippen LogP contribution >= 0.6 is 0 Å². The first-order valence-corrected chi connectivity index (χ1v) is 13.9. The summed E-state index contributed by atoms with van der Waals surface area (Å²) in [7, 11) is 0. The fraction of sp³-hybridized carbons (Fsp3) is 0.484. The first-order chi connectivity index (χ1) is 19.0. The van der Waals surface area contributed by atoms with Gasteiger partial charge in [-0.3, -0.25) is 9.80 Å². The average molecular weight is 537 g/mol. The van der Waals surface area contributed by atoms with E-state index < -0.39 is 12.2 Å². The van der Waals surface area contributed by atoms with Crippen LogP contribution in [0.2, 0.25) is 0 Å². The summed E-state index contributed by atoms with van der Waals surface area (Å²) in [6.45, 7) is 8.35. The molecule has 3 aromatic carbocycles. The van der Waals surface area contributed by atoms with Crippen molar-refractivity contribution in [2.24, 2.45) is 0 Å². The third kappa shape index (κ3) is 7.69. The van der Waals surface area contributed by atoms with Crippen LogP contribution in [-0.4, -0.2) is 105 Å². The molecule has 2 aliphatic rings. The van der Waals surface area contributed by atoms with Gasteiger partial charge in [0, 0.05) is 38.3 Å². The van der Waals surface area contributed by atoms with E-state index in [1.54, 1.807) is 0 Å². The zero-order valence-electron chi connectivity index (χ0n) is 22.7. The number of rotatable bonds is 11. The van der Waals surface area contributed by atoms with Crippen LogP contribution in [0.3, 0.4) is 0 Å². The Morgan fingerprint density at radius 3 is 2.41 bits per heavy atom. The number of fused-ring (bicyclic) bond motifs is 1. The number of hydrogen-bond donors (Lipinski definition) is 2. The molecular weight excluding hydrogens is 496 g/mol. The van der Waals surface area contributed by atoms with Crippen LogP contribution < -0.4 is 9.47 Å². The van der Waals surface area contributed by atoms with Gasteiger partial charge in [0.15, 0.2) is 0 Å². The number of β-amino-alcohol motifs (C(OH)–C–C–N with tert-alkyl or cyclic N) is 2. The van der Waals surface area contributed by atoms with Crippen molar-refractivity contribution in [2.75, 3.05) is 72.4 Å². The van der Waals surface area contributed by atoms with Crippen LogP contribution in [0, 0.1) is 6.92 Å². The Morgan fingerprint density at radius 1 is 0.821 bits per heavy atom. The summed E-state index contributed by atoms with van der Waals surface area (Å²) in [5.74, 6) is 1.49. The van der Waals surface area contributed by atoms with Crippen molar-refractivity contribution in [2.45, 2.75) is 25.2 Å². The quantitative estimate of drug-likeness (QED) is 0.387. The number of aliphatic hydroxyl groups is 2. The Balaban J connectivity index is 1.20. The average Bonchev–Trinajstić information content (AvgIpc) is 2.96. The second-order valence-electron chi connectivity index (χ2n) is 10.5. The van der Waals surface area contributed by atoms with E-state index in [1.165, 1.54) is 0 Å². The van der Waals surface area contributed by atoms with Crippen LogP contribution in [0.15, 0.2) is 60.7 Å². The van der Waals surface area contributed by atoms with Crippen molar-refractivity contribution in [1.82, 2.24) is 9.80 Å². The summed E-state index contributed by atoms with van der Waals surface area (Å²) in [4.78, 5) is 4.44. The van der Waals surface area contributed by atoms with Gasteiger partial charge in [0.2, 0.25) is 0 Å². The van der Waals surface area contributed by atoms with Crippen LogP contribution in [0.1, 0.15) is 17.2 Å². The molecule has 2 N–H and O–H groups in total. The monoisotopic (exact) mass is 536 g/mol. The molecule has 0 saturated carbocycles. The largest absolute Gasteiger partial charge is 0.491 e. The van der Waals surface area contributed by atoms with Gasteiger partial charge < -0.3 is 29.2 Å². The predicted molar refractivity (Wildman–Crippen MR) is 151 cm³/mol. The van der Waals surface area contributed by atoms with Crippen LogP contribution in [0.4, 0.5) is 0 Å². The van der Waals surface area contributed by atoms with E-state index >= 15 is 0 Å². The summed E-state index contributed by atoms with van der Waals surface area (Å²) in [5.41, 5.74) is 2.13. The number of nitrogens with zero attached hydrogens (tertiary/aromatic N) is 2. The van der Waals surface area contributed by atoms with E-state index in [9.17, 15) is 10.2 Å². The lowest BCUT2D eigenvalue weighted by Crippen LogP contribution is -2.45. The van der Waals surface area contributed by atoms with E-state index in [4.69, 9.17) is 18.9 Å². The molecule has 0 aromatic heterocycles. The highest BCUT2D eigenvalue weighted by atomic mass is 16.5. The molecule has 210 valence electrons. The Kier molecular flexibility index (Phi) is 9.68. The molecule has 0 aliphatic carbocycles. The molecule has 2 heterocycles. The van der Waals surface area contributed by atoms with Crippen LogP contribution in [-0.2, 0) is 9.47 Å². The number of ether oxygens (including phenoxy) is 4. The highest BCUT2D eigenvalue weighted by Gasteiger charge is 2.29. The molecule has 0 spiro atoms. The van der Waals surface area contributed by atoms with Gasteiger partial charge in [0.05, 0.1) is 32.5 Å². The minimum Gasteiger partial charge on any atom is -0.491 e. The van der Waals surface area contributed by atoms with Crippen molar-refractivity contribution < 1.29 is 29.2 Å². The van der Waals surface area contributed by atoms with Gasteiger partial charge in [0.25, 0.3) is 0 Å². The molecule has 5 rings (SSSR count). The molecule has 2 saturated heterocycles. The van der Waals surface area contributed by atoms with Gasteiger partial charge in [-0.2, -0.15) is 0 Å². The standard InChI is InChI=1S/C31H40N2O6/c1-23-6-9-31(39-21-26(34)18-32-10-13-36-14-11-32)29(16-23)30-22-37-15-12-33(30)19-27(35)20-38-28-8-7-24-4-2-3-5-25(24)17-28/h2-9,16-17,26-27,30,34-35H,10-15,18-22H2,1H3. The van der Waals surface area contributed by atoms with Crippen molar-refractivity contribution in [3.8, 4) is 11.5 Å². The zero-order valence-corrected chi connectivity index (χ0v) is 22.7. The molecule has 39 heavy (non-hydrogen) atoms. The fourth-order valence-electron chi connectivity index (χ4n) is 5.30. The number of morpholine rings is 2. The van der Waals surface area contributed by atoms with E-state index in [-0.39, 0.29) is 19.3 Å². The van der Waals surface area contributed by atoms with Crippen molar-refractivity contribution in [3.05, 3.63) is 71.8 Å². The molecule has 8 nitrogen and oxygen atoms in total. The third-order valence-electron chi connectivity index (χ3n) is 7.38. The lowest BCUT2D eigenvalue weighted by atomic mass is 10.0. The normalized spacial score (nSPS) is 20.5. The summed E-state index contributed by atoms with van der Waals surface area (Å²) >= 11 is 0. The second kappa shape index (κ2) is 13.6. The Bertz CT molecular complexity index is 1200. The highest BCUT2D eigenvalue weighted by molar-refractivity contribution is 5.83. The molecule has 3 unspecified atom stereocenters. The lowest BCUT2D eigenvalue weighted by molar-refractivity contribution is -0.0348. The maximum atomic E-state index is 10.9. The van der Waals surface area contributed by atoms with Gasteiger partial charge in [-0.25, -0.2) is 0 Å². The van der Waals surface area contributed by atoms with Crippen LogP contribution in [0.5, 0.6) is 11.5 Å². The summed E-state index contributed by atoms with van der Waals surface area (Å²) in [6, 6.07) is 20.2. The maximum absolute atomic E-state index is 10.9. The third-order valence-corrected chi connectivity index (χ3v) is 7.38. The lowest BCUT2D eigenvalue weighted by Gasteiger charge is -2.37. The van der Waals surface area contributed by atoms with E-state index in [2.05, 4.69) is 34.9 Å². The maximum Gasteiger partial charge on any atom is 0.124 e. The van der Waals surface area contributed by atoms with Gasteiger partial charge in [-0.15, -0.1) is 0 Å². The van der Waals surface area contributed by atoms with Gasteiger partial charge >= 0.3 is 0 Å². The number of hydrogen-bond acceptors (Lipinski definition) is 8. The molecule has 0 bridgehead atoms. The second-order valence-corrected chi connectivity index (χ2v) is 10.5. The Hall–Kier alpha value is -2.72. The molecule has 3 atom stereocenters. The van der Waals surface area contributed by atoms with E-state index in [0.29, 0.717) is 46.1 Å². The van der Waals surface area contributed by atoms with E-state index in [1.807, 2.05) is 42.5 Å². The fourth-order valence-corrected chi connectivity index (χ4v) is 5.30. The molecule has 0 amide bonds. The summed E-state index contributed by atoms with van der Waals surface area (Å²) < 4.78 is 23.4. The van der Waals surface area contributed by atoms with Crippen LogP contribution in [0.25, 0.3) is 10.8 Å². The molecule has 2 aliphatic heterocycles. The Labute approximate surface area is 230 Å². The van der Waals surface area contributed by atoms with Gasteiger partial charge in [-0.1, -0.05) is 48.0 Å². The molecule has 0 radical (unpaired) electrons. The highest BCUT2D eigenvalue weighted by Crippen LogP contribution is 2.33. The summed E-state index contributed by atoms with van der Waals surface area (Å²) in [6.07, 6.45) is -1.26. The minimum absolute atomic E-state index is 0.0691. The first kappa shape index (κ1) is 27.8. The minimum atomic E-state index is -0.665. The number of aliphatic hydroxyl groups excluding tert-OH is 2. The SMILES string of the molecule is Cc1ccc(OCC(O)CN2CCOCC2)c(C2COCCN2CC(O)COc2ccc3ccccc3c2)c1. The smallest absolute Gasteiger partial charge is 0.124 e. The zero-order chi connectivity index (χ0) is 27.0. The number of benzene rings is 3. The molecule has 2 fully saturated rings. The van der Waals surface area contributed by atoms with Crippen molar-refractivity contribution in [3.63, 3.8) is 0 Å². The molecule has 8 heteroatoms. The summed E-state index contributed by atoms with van der Waals surface area (Å²) in [5, 5.41) is 23.8. The topological polar surface area (TPSA) is 83.9 Å².